The Bertz CT molecular complexity index is 867. The first-order valence-electron chi connectivity index (χ1n) is 11.4. The molecule has 0 aliphatic rings. The molecule has 0 saturated heterocycles. The van der Waals surface area contributed by atoms with Crippen LogP contribution in [-0.2, 0) is 16.1 Å². The zero-order valence-corrected chi connectivity index (χ0v) is 20.3. The van der Waals surface area contributed by atoms with Gasteiger partial charge in [-0.2, -0.15) is 0 Å². The van der Waals surface area contributed by atoms with Gasteiger partial charge in [0.05, 0.1) is 20.8 Å². The fourth-order valence-corrected chi connectivity index (χ4v) is 3.20. The highest BCUT2D eigenvalue weighted by atomic mass is 16.5. The third-order valence-electron chi connectivity index (χ3n) is 5.54. The minimum absolute atomic E-state index is 0.0517. The lowest BCUT2D eigenvalue weighted by atomic mass is 10.1. The SMILES string of the molecule is CC[C@@H](C)NC(=O)[C@H](C)N(Cc1ccc(OC)cc1)C(=O)CCCOc1ccc(OC)cc1. The molecule has 0 saturated carbocycles. The molecule has 0 aromatic heterocycles. The van der Waals surface area contributed by atoms with Crippen LogP contribution in [0.3, 0.4) is 0 Å². The van der Waals surface area contributed by atoms with E-state index < -0.39 is 6.04 Å². The van der Waals surface area contributed by atoms with Crippen molar-refractivity contribution in [2.24, 2.45) is 0 Å². The second-order valence-electron chi connectivity index (χ2n) is 7.99. The third kappa shape index (κ3) is 8.33. The quantitative estimate of drug-likeness (QED) is 0.457. The van der Waals surface area contributed by atoms with Gasteiger partial charge >= 0.3 is 0 Å². The Morgan fingerprint density at radius 1 is 0.909 bits per heavy atom. The molecule has 0 unspecified atom stereocenters. The minimum Gasteiger partial charge on any atom is -0.497 e. The molecule has 33 heavy (non-hydrogen) atoms. The molecule has 7 nitrogen and oxygen atoms in total. The van der Waals surface area contributed by atoms with Crippen LogP contribution in [0.4, 0.5) is 0 Å². The lowest BCUT2D eigenvalue weighted by Crippen LogP contribution is -2.49. The van der Waals surface area contributed by atoms with Gasteiger partial charge in [0.25, 0.3) is 0 Å². The number of hydrogen-bond acceptors (Lipinski definition) is 5. The number of nitrogens with zero attached hydrogens (tertiary/aromatic N) is 1. The molecular formula is C26H36N2O5. The molecule has 2 rings (SSSR count). The van der Waals surface area contributed by atoms with Crippen LogP contribution >= 0.6 is 0 Å². The summed E-state index contributed by atoms with van der Waals surface area (Å²) in [4.78, 5) is 27.5. The maximum Gasteiger partial charge on any atom is 0.242 e. The largest absolute Gasteiger partial charge is 0.497 e. The molecule has 2 atom stereocenters. The second-order valence-corrected chi connectivity index (χ2v) is 7.99. The summed E-state index contributed by atoms with van der Waals surface area (Å²) in [5, 5.41) is 2.98. The summed E-state index contributed by atoms with van der Waals surface area (Å²) in [6.07, 6.45) is 1.66. The molecule has 2 amide bonds. The maximum absolute atomic E-state index is 13.1. The Hall–Kier alpha value is -3.22. The number of amides is 2. The van der Waals surface area contributed by atoms with Gasteiger partial charge in [-0.05, 0) is 68.7 Å². The van der Waals surface area contributed by atoms with E-state index >= 15 is 0 Å². The highest BCUT2D eigenvalue weighted by molar-refractivity contribution is 5.87. The van der Waals surface area contributed by atoms with Crippen LogP contribution in [0.5, 0.6) is 17.2 Å². The average molecular weight is 457 g/mol. The van der Waals surface area contributed by atoms with Crippen molar-refractivity contribution in [1.29, 1.82) is 0 Å². The molecule has 0 aliphatic heterocycles. The summed E-state index contributed by atoms with van der Waals surface area (Å²) in [5.74, 6) is 1.99. The van der Waals surface area contributed by atoms with Crippen molar-refractivity contribution >= 4 is 11.8 Å². The highest BCUT2D eigenvalue weighted by Crippen LogP contribution is 2.18. The zero-order chi connectivity index (χ0) is 24.2. The highest BCUT2D eigenvalue weighted by Gasteiger charge is 2.26. The van der Waals surface area contributed by atoms with E-state index in [1.165, 1.54) is 0 Å². The van der Waals surface area contributed by atoms with Gasteiger partial charge in [-0.15, -0.1) is 0 Å². The number of rotatable bonds is 13. The van der Waals surface area contributed by atoms with Crippen LogP contribution in [0.2, 0.25) is 0 Å². The van der Waals surface area contributed by atoms with Crippen molar-refractivity contribution in [3.63, 3.8) is 0 Å². The Morgan fingerprint density at radius 3 is 2.00 bits per heavy atom. The Morgan fingerprint density at radius 2 is 1.45 bits per heavy atom. The molecule has 0 radical (unpaired) electrons. The van der Waals surface area contributed by atoms with Gasteiger partial charge in [0.2, 0.25) is 11.8 Å². The Balaban J connectivity index is 2.00. The number of carbonyl (C=O) groups excluding carboxylic acids is 2. The number of methoxy groups -OCH3 is 2. The summed E-state index contributed by atoms with van der Waals surface area (Å²) < 4.78 is 16.1. The lowest BCUT2D eigenvalue weighted by molar-refractivity contribution is -0.141. The van der Waals surface area contributed by atoms with E-state index in [0.29, 0.717) is 19.6 Å². The van der Waals surface area contributed by atoms with Crippen molar-refractivity contribution in [1.82, 2.24) is 10.2 Å². The first-order valence-corrected chi connectivity index (χ1v) is 11.4. The summed E-state index contributed by atoms with van der Waals surface area (Å²) in [5.41, 5.74) is 0.932. The fraction of sp³-hybridized carbons (Fsp3) is 0.462. The van der Waals surface area contributed by atoms with Gasteiger partial charge in [-0.1, -0.05) is 19.1 Å². The van der Waals surface area contributed by atoms with Gasteiger partial charge < -0.3 is 24.4 Å². The topological polar surface area (TPSA) is 77.1 Å². The number of hydrogen-bond donors (Lipinski definition) is 1. The number of carbonyl (C=O) groups is 2. The zero-order valence-electron chi connectivity index (χ0n) is 20.3. The van der Waals surface area contributed by atoms with Crippen LogP contribution in [0.25, 0.3) is 0 Å². The molecule has 180 valence electrons. The van der Waals surface area contributed by atoms with Gasteiger partial charge in [-0.25, -0.2) is 0 Å². The summed E-state index contributed by atoms with van der Waals surface area (Å²) in [7, 11) is 3.23. The molecule has 0 heterocycles. The molecule has 7 heteroatoms. The lowest BCUT2D eigenvalue weighted by Gasteiger charge is -2.30. The van der Waals surface area contributed by atoms with Crippen LogP contribution < -0.4 is 19.5 Å². The molecular weight excluding hydrogens is 420 g/mol. The molecule has 2 aromatic rings. The standard InChI is InChI=1S/C26H36N2O5/c1-6-19(2)27-26(30)20(3)28(18-21-9-11-22(31-4)12-10-21)25(29)8-7-17-33-24-15-13-23(32-5)14-16-24/h9-16,19-20H,6-8,17-18H2,1-5H3,(H,27,30)/t19-,20+/m1/s1. The normalized spacial score (nSPS) is 12.4. The molecule has 2 aromatic carbocycles. The van der Waals surface area contributed by atoms with E-state index in [1.807, 2.05) is 62.4 Å². The van der Waals surface area contributed by atoms with Gasteiger partial charge in [0, 0.05) is 19.0 Å². The Kier molecular flexibility index (Phi) is 10.5. The van der Waals surface area contributed by atoms with E-state index in [1.54, 1.807) is 26.0 Å². The third-order valence-corrected chi connectivity index (χ3v) is 5.54. The first kappa shape index (κ1) is 26.0. The molecule has 0 aliphatic carbocycles. The van der Waals surface area contributed by atoms with E-state index in [4.69, 9.17) is 14.2 Å². The predicted octanol–water partition coefficient (Wildman–Crippen LogP) is 4.19. The van der Waals surface area contributed by atoms with Crippen molar-refractivity contribution in [3.8, 4) is 17.2 Å². The van der Waals surface area contributed by atoms with Crippen molar-refractivity contribution in [2.45, 2.75) is 58.7 Å². The van der Waals surface area contributed by atoms with Gasteiger partial charge in [0.15, 0.2) is 0 Å². The monoisotopic (exact) mass is 456 g/mol. The van der Waals surface area contributed by atoms with Crippen molar-refractivity contribution in [2.75, 3.05) is 20.8 Å². The van der Waals surface area contributed by atoms with E-state index in [0.717, 1.165) is 29.2 Å². The maximum atomic E-state index is 13.1. The van der Waals surface area contributed by atoms with E-state index in [-0.39, 0.29) is 24.3 Å². The van der Waals surface area contributed by atoms with Crippen molar-refractivity contribution < 1.29 is 23.8 Å². The smallest absolute Gasteiger partial charge is 0.242 e. The van der Waals surface area contributed by atoms with E-state index in [9.17, 15) is 9.59 Å². The number of benzene rings is 2. The molecule has 1 N–H and O–H groups in total. The predicted molar refractivity (Wildman–Crippen MR) is 129 cm³/mol. The number of ether oxygens (including phenoxy) is 3. The fourth-order valence-electron chi connectivity index (χ4n) is 3.20. The van der Waals surface area contributed by atoms with Crippen LogP contribution in [0, 0.1) is 0 Å². The Labute approximate surface area is 197 Å². The van der Waals surface area contributed by atoms with Crippen molar-refractivity contribution in [3.05, 3.63) is 54.1 Å². The molecule has 0 fully saturated rings. The second kappa shape index (κ2) is 13.4. The molecule has 0 spiro atoms. The number of nitrogens with one attached hydrogen (secondary N) is 1. The first-order chi connectivity index (χ1) is 15.9. The summed E-state index contributed by atoms with van der Waals surface area (Å²) >= 11 is 0. The van der Waals surface area contributed by atoms with Gasteiger partial charge in [0.1, 0.15) is 23.3 Å². The average Bonchev–Trinajstić information content (AvgIpc) is 2.85. The molecule has 0 bridgehead atoms. The van der Waals surface area contributed by atoms with Crippen LogP contribution in [0.15, 0.2) is 48.5 Å². The minimum atomic E-state index is -0.587. The summed E-state index contributed by atoms with van der Waals surface area (Å²) in [6.45, 7) is 6.49. The summed E-state index contributed by atoms with van der Waals surface area (Å²) in [6, 6.07) is 14.3. The van der Waals surface area contributed by atoms with Gasteiger partial charge in [-0.3, -0.25) is 9.59 Å². The van der Waals surface area contributed by atoms with E-state index in [2.05, 4.69) is 5.32 Å². The van der Waals surface area contributed by atoms with Crippen LogP contribution in [0.1, 0.15) is 45.6 Å². The van der Waals surface area contributed by atoms with Crippen LogP contribution in [-0.4, -0.2) is 49.6 Å².